The Morgan fingerprint density at radius 1 is 1.35 bits per heavy atom. The number of alkyl halides is 3. The van der Waals surface area contributed by atoms with Gasteiger partial charge in [-0.05, 0) is 49.1 Å². The van der Waals surface area contributed by atoms with Gasteiger partial charge in [0.05, 0.1) is 5.56 Å². The van der Waals surface area contributed by atoms with E-state index >= 15 is 0 Å². The van der Waals surface area contributed by atoms with Gasteiger partial charge in [0.15, 0.2) is 0 Å². The van der Waals surface area contributed by atoms with E-state index in [0.29, 0.717) is 5.92 Å². The zero-order valence-corrected chi connectivity index (χ0v) is 9.56. The molecule has 0 radical (unpaired) electrons. The molecule has 17 heavy (non-hydrogen) atoms. The van der Waals surface area contributed by atoms with Crippen LogP contribution in [0.2, 0.25) is 0 Å². The highest BCUT2D eigenvalue weighted by Gasteiger charge is 2.58. The van der Waals surface area contributed by atoms with Crippen LogP contribution in [0.25, 0.3) is 0 Å². The lowest BCUT2D eigenvalue weighted by Gasteiger charge is -2.17. The molecule has 1 aliphatic heterocycles. The summed E-state index contributed by atoms with van der Waals surface area (Å²) in [7, 11) is 0. The zero-order chi connectivity index (χ0) is 12.3. The van der Waals surface area contributed by atoms with Crippen LogP contribution in [-0.2, 0) is 11.6 Å². The first-order valence-corrected chi connectivity index (χ1v) is 5.82. The highest BCUT2D eigenvalue weighted by molar-refractivity contribution is 5.44. The number of nitrogens with one attached hydrogen (secondary N) is 1. The predicted octanol–water partition coefficient (Wildman–Crippen LogP) is 2.87. The second kappa shape index (κ2) is 3.25. The molecule has 92 valence electrons. The Morgan fingerprint density at radius 2 is 2.12 bits per heavy atom. The van der Waals surface area contributed by atoms with Crippen LogP contribution in [0.3, 0.4) is 0 Å². The number of piperidine rings is 1. The Bertz CT molecular complexity index is 466. The third-order valence-electron chi connectivity index (χ3n) is 4.15. The molecule has 1 N–H and O–H groups in total. The van der Waals surface area contributed by atoms with Gasteiger partial charge in [-0.2, -0.15) is 13.2 Å². The topological polar surface area (TPSA) is 12.0 Å². The van der Waals surface area contributed by atoms with Crippen LogP contribution in [0.1, 0.15) is 23.1 Å². The maximum absolute atomic E-state index is 12.6. The predicted molar refractivity (Wildman–Crippen MR) is 58.8 cm³/mol. The Hall–Kier alpha value is -1.03. The van der Waals surface area contributed by atoms with Crippen molar-refractivity contribution >= 4 is 0 Å². The summed E-state index contributed by atoms with van der Waals surface area (Å²) in [6.45, 7) is 3.69. The zero-order valence-electron chi connectivity index (χ0n) is 9.56. The van der Waals surface area contributed by atoms with E-state index in [1.165, 1.54) is 12.1 Å². The van der Waals surface area contributed by atoms with Crippen molar-refractivity contribution in [2.45, 2.75) is 24.9 Å². The van der Waals surface area contributed by atoms with E-state index in [0.717, 1.165) is 30.6 Å². The normalized spacial score (nSPS) is 31.4. The molecule has 2 aliphatic rings. The lowest BCUT2D eigenvalue weighted by atomic mass is 9.90. The number of aryl methyl sites for hydroxylation is 1. The molecule has 0 spiro atoms. The largest absolute Gasteiger partial charge is 0.416 e. The third kappa shape index (κ3) is 1.58. The molecule has 1 saturated carbocycles. The van der Waals surface area contributed by atoms with Gasteiger partial charge in [0.2, 0.25) is 0 Å². The third-order valence-corrected chi connectivity index (χ3v) is 4.15. The van der Waals surface area contributed by atoms with E-state index in [1.807, 2.05) is 0 Å². The van der Waals surface area contributed by atoms with Gasteiger partial charge < -0.3 is 5.32 Å². The Labute approximate surface area is 98.0 Å². The van der Waals surface area contributed by atoms with Gasteiger partial charge in [-0.3, -0.25) is 0 Å². The minimum absolute atomic E-state index is 0.133. The van der Waals surface area contributed by atoms with E-state index in [4.69, 9.17) is 0 Å². The van der Waals surface area contributed by atoms with Gasteiger partial charge >= 0.3 is 6.18 Å². The summed E-state index contributed by atoms with van der Waals surface area (Å²) in [6, 6.07) is 4.16. The van der Waals surface area contributed by atoms with Gasteiger partial charge in [-0.1, -0.05) is 6.07 Å². The molecular weight excluding hydrogens is 227 g/mol. The van der Waals surface area contributed by atoms with Crippen LogP contribution < -0.4 is 5.32 Å². The standard InChI is InChI=1S/C13H14F3N/c1-8-4-9(13(14,15)16)2-3-11(8)12-5-10(12)6-17-7-12/h2-4,10,17H,5-7H2,1H3/t10-,12-/m0/s1. The second-order valence-electron chi connectivity index (χ2n) is 5.22. The van der Waals surface area contributed by atoms with Crippen LogP contribution in [0.4, 0.5) is 13.2 Å². The van der Waals surface area contributed by atoms with Gasteiger partial charge in [0, 0.05) is 12.0 Å². The molecule has 1 aromatic rings. The second-order valence-corrected chi connectivity index (χ2v) is 5.22. The Balaban J connectivity index is 1.98. The van der Waals surface area contributed by atoms with Crippen LogP contribution in [0, 0.1) is 12.8 Å². The van der Waals surface area contributed by atoms with Gasteiger partial charge in [0.25, 0.3) is 0 Å². The Kier molecular flexibility index (Phi) is 2.12. The van der Waals surface area contributed by atoms with E-state index in [2.05, 4.69) is 5.32 Å². The lowest BCUT2D eigenvalue weighted by molar-refractivity contribution is -0.137. The average molecular weight is 241 g/mol. The van der Waals surface area contributed by atoms with Crippen molar-refractivity contribution in [2.75, 3.05) is 13.1 Å². The van der Waals surface area contributed by atoms with Crippen molar-refractivity contribution in [3.8, 4) is 0 Å². The monoisotopic (exact) mass is 241 g/mol. The summed E-state index contributed by atoms with van der Waals surface area (Å²) in [6.07, 6.45) is -3.12. The van der Waals surface area contributed by atoms with Crippen molar-refractivity contribution in [3.63, 3.8) is 0 Å². The van der Waals surface area contributed by atoms with Crippen molar-refractivity contribution in [1.82, 2.24) is 5.32 Å². The Morgan fingerprint density at radius 3 is 2.59 bits per heavy atom. The minimum atomic E-state index is -4.24. The smallest absolute Gasteiger partial charge is 0.316 e. The number of benzene rings is 1. The van der Waals surface area contributed by atoms with Crippen molar-refractivity contribution in [3.05, 3.63) is 34.9 Å². The van der Waals surface area contributed by atoms with E-state index in [1.54, 1.807) is 13.0 Å². The molecule has 1 aliphatic carbocycles. The van der Waals surface area contributed by atoms with Crippen LogP contribution >= 0.6 is 0 Å². The summed E-state index contributed by atoms with van der Waals surface area (Å²) in [5.41, 5.74) is 1.46. The van der Waals surface area contributed by atoms with Crippen LogP contribution in [0.5, 0.6) is 0 Å². The molecule has 2 fully saturated rings. The molecule has 4 heteroatoms. The molecular formula is C13H14F3N. The molecule has 1 nitrogen and oxygen atoms in total. The molecule has 0 aromatic heterocycles. The molecule has 1 aromatic carbocycles. The molecule has 2 atom stereocenters. The number of halogens is 3. The number of hydrogen-bond donors (Lipinski definition) is 1. The highest BCUT2D eigenvalue weighted by Crippen LogP contribution is 2.57. The van der Waals surface area contributed by atoms with E-state index in [9.17, 15) is 13.2 Å². The van der Waals surface area contributed by atoms with Crippen molar-refractivity contribution in [2.24, 2.45) is 5.92 Å². The van der Waals surface area contributed by atoms with Crippen molar-refractivity contribution in [1.29, 1.82) is 0 Å². The van der Waals surface area contributed by atoms with Gasteiger partial charge in [-0.15, -0.1) is 0 Å². The maximum atomic E-state index is 12.6. The average Bonchev–Trinajstić information content (AvgIpc) is 2.80. The van der Waals surface area contributed by atoms with E-state index in [-0.39, 0.29) is 5.41 Å². The van der Waals surface area contributed by atoms with Gasteiger partial charge in [0.1, 0.15) is 0 Å². The fraction of sp³-hybridized carbons (Fsp3) is 0.538. The summed E-state index contributed by atoms with van der Waals surface area (Å²) in [5, 5.41) is 3.31. The first-order valence-electron chi connectivity index (χ1n) is 5.82. The van der Waals surface area contributed by atoms with Gasteiger partial charge in [-0.25, -0.2) is 0 Å². The fourth-order valence-electron chi connectivity index (χ4n) is 3.16. The van der Waals surface area contributed by atoms with E-state index < -0.39 is 11.7 Å². The van der Waals surface area contributed by atoms with Crippen molar-refractivity contribution < 1.29 is 13.2 Å². The number of hydrogen-bond acceptors (Lipinski definition) is 1. The first kappa shape index (κ1) is 11.1. The summed E-state index contributed by atoms with van der Waals surface area (Å²) >= 11 is 0. The first-order chi connectivity index (χ1) is 7.93. The molecule has 1 saturated heterocycles. The lowest BCUT2D eigenvalue weighted by Crippen LogP contribution is -2.20. The highest BCUT2D eigenvalue weighted by atomic mass is 19.4. The number of rotatable bonds is 1. The fourth-order valence-corrected chi connectivity index (χ4v) is 3.16. The molecule has 3 rings (SSSR count). The van der Waals surface area contributed by atoms with Crippen LogP contribution in [0.15, 0.2) is 18.2 Å². The summed E-state index contributed by atoms with van der Waals surface area (Å²) < 4.78 is 37.7. The summed E-state index contributed by atoms with van der Waals surface area (Å²) in [5.74, 6) is 0.623. The molecule has 0 unspecified atom stereocenters. The maximum Gasteiger partial charge on any atom is 0.416 e. The number of fused-ring (bicyclic) bond motifs is 1. The minimum Gasteiger partial charge on any atom is -0.316 e. The molecule has 0 bridgehead atoms. The summed E-state index contributed by atoms with van der Waals surface area (Å²) in [4.78, 5) is 0. The quantitative estimate of drug-likeness (QED) is 0.797. The van der Waals surface area contributed by atoms with Crippen LogP contribution in [-0.4, -0.2) is 13.1 Å². The molecule has 1 heterocycles. The SMILES string of the molecule is Cc1cc(C(F)(F)F)ccc1[C@@]12CNC[C@@H]1C2. The molecule has 0 amide bonds.